The Morgan fingerprint density at radius 2 is 1.26 bits per heavy atom. The van der Waals surface area contributed by atoms with Crippen molar-refractivity contribution in [1.29, 1.82) is 0 Å². The van der Waals surface area contributed by atoms with E-state index in [4.69, 9.17) is 0 Å². The molecule has 7 heteroatoms. The fourth-order valence-corrected chi connectivity index (χ4v) is 4.31. The average Bonchev–Trinajstić information content (AvgIpc) is 3.16. The van der Waals surface area contributed by atoms with Gasteiger partial charge in [-0.05, 0) is 68.0 Å². The molecule has 2 aromatic carbocycles. The molecule has 0 unspecified atom stereocenters. The largest absolute Gasteiger partial charge is 0.343 e. The van der Waals surface area contributed by atoms with Gasteiger partial charge in [-0.25, -0.2) is 14.6 Å². The van der Waals surface area contributed by atoms with E-state index in [0.29, 0.717) is 16.9 Å². The van der Waals surface area contributed by atoms with Crippen LogP contribution in [0.3, 0.4) is 0 Å². The van der Waals surface area contributed by atoms with E-state index in [-0.39, 0.29) is 5.57 Å². The standard InChI is InChI=1S/C28H22N4O3/c1-19-16-21(20(2)30(19)24-14-9-15-29-18-24)17-25-26(33)31(22-10-5-3-6-11-22)28(35)32(27(25)34)23-12-7-4-8-13-23/h3-18H,1-2H3. The highest BCUT2D eigenvalue weighted by atomic mass is 16.2. The van der Waals surface area contributed by atoms with Gasteiger partial charge in [0.2, 0.25) is 0 Å². The number of amides is 4. The molecular formula is C28H22N4O3. The zero-order valence-corrected chi connectivity index (χ0v) is 19.3. The zero-order valence-electron chi connectivity index (χ0n) is 19.3. The van der Waals surface area contributed by atoms with Gasteiger partial charge in [-0.3, -0.25) is 14.6 Å². The molecule has 4 amide bonds. The zero-order chi connectivity index (χ0) is 24.5. The van der Waals surface area contributed by atoms with Crippen LogP contribution in [0, 0.1) is 13.8 Å². The van der Waals surface area contributed by atoms with Crippen LogP contribution in [0.5, 0.6) is 0 Å². The maximum absolute atomic E-state index is 13.6. The Labute approximate surface area is 202 Å². The fourth-order valence-electron chi connectivity index (χ4n) is 4.31. The Kier molecular flexibility index (Phi) is 5.58. The Hall–Kier alpha value is -4.78. The first kappa shape index (κ1) is 22.0. The lowest BCUT2D eigenvalue weighted by Gasteiger charge is -2.33. The molecule has 35 heavy (non-hydrogen) atoms. The van der Waals surface area contributed by atoms with E-state index in [1.807, 2.05) is 36.6 Å². The van der Waals surface area contributed by atoms with Crippen molar-refractivity contribution in [3.8, 4) is 5.69 Å². The third-order valence-electron chi connectivity index (χ3n) is 5.95. The molecule has 172 valence electrons. The van der Waals surface area contributed by atoms with E-state index in [1.54, 1.807) is 79.1 Å². The van der Waals surface area contributed by atoms with Crippen molar-refractivity contribution in [2.24, 2.45) is 0 Å². The highest BCUT2D eigenvalue weighted by Crippen LogP contribution is 2.30. The summed E-state index contributed by atoms with van der Waals surface area (Å²) in [6.07, 6.45) is 5.02. The van der Waals surface area contributed by atoms with Crippen molar-refractivity contribution in [1.82, 2.24) is 9.55 Å². The van der Waals surface area contributed by atoms with Gasteiger partial charge >= 0.3 is 6.03 Å². The van der Waals surface area contributed by atoms with Gasteiger partial charge < -0.3 is 4.57 Å². The number of carbonyl (C=O) groups excluding carboxylic acids is 3. The van der Waals surface area contributed by atoms with E-state index < -0.39 is 17.8 Å². The molecule has 0 radical (unpaired) electrons. The second-order valence-corrected chi connectivity index (χ2v) is 8.17. The number of urea groups is 1. The second-order valence-electron chi connectivity index (χ2n) is 8.17. The number of aromatic nitrogens is 2. The van der Waals surface area contributed by atoms with E-state index in [1.165, 1.54) is 0 Å². The van der Waals surface area contributed by atoms with E-state index in [2.05, 4.69) is 4.98 Å². The summed E-state index contributed by atoms with van der Waals surface area (Å²) in [5.41, 5.74) is 4.04. The highest BCUT2D eigenvalue weighted by molar-refractivity contribution is 6.46. The molecule has 2 aromatic heterocycles. The second kappa shape index (κ2) is 8.87. The summed E-state index contributed by atoms with van der Waals surface area (Å²) in [4.78, 5) is 46.9. The number of nitrogens with zero attached hydrogens (tertiary/aromatic N) is 4. The first-order chi connectivity index (χ1) is 17.0. The predicted octanol–water partition coefficient (Wildman–Crippen LogP) is 5.07. The van der Waals surface area contributed by atoms with Gasteiger partial charge in [-0.15, -0.1) is 0 Å². The Balaban J connectivity index is 1.66. The molecule has 7 nitrogen and oxygen atoms in total. The van der Waals surface area contributed by atoms with Crippen molar-refractivity contribution in [3.05, 3.63) is 114 Å². The molecule has 1 aliphatic rings. The molecule has 1 saturated heterocycles. The monoisotopic (exact) mass is 462 g/mol. The smallest absolute Gasteiger partial charge is 0.316 e. The van der Waals surface area contributed by atoms with Crippen LogP contribution in [0.1, 0.15) is 17.0 Å². The molecular weight excluding hydrogens is 440 g/mol. The van der Waals surface area contributed by atoms with Crippen LogP contribution in [0.2, 0.25) is 0 Å². The first-order valence-electron chi connectivity index (χ1n) is 11.1. The number of hydrogen-bond donors (Lipinski definition) is 0. The first-order valence-corrected chi connectivity index (χ1v) is 11.1. The number of hydrogen-bond acceptors (Lipinski definition) is 4. The molecule has 0 aliphatic carbocycles. The Bertz CT molecular complexity index is 1390. The highest BCUT2D eigenvalue weighted by Gasteiger charge is 2.43. The third kappa shape index (κ3) is 3.83. The van der Waals surface area contributed by atoms with Crippen molar-refractivity contribution in [3.63, 3.8) is 0 Å². The molecule has 0 atom stereocenters. The van der Waals surface area contributed by atoms with Gasteiger partial charge in [0, 0.05) is 17.6 Å². The summed E-state index contributed by atoms with van der Waals surface area (Å²) in [7, 11) is 0. The normalized spacial score (nSPS) is 14.0. The molecule has 1 fully saturated rings. The maximum Gasteiger partial charge on any atom is 0.343 e. The maximum atomic E-state index is 13.6. The van der Waals surface area contributed by atoms with E-state index >= 15 is 0 Å². The van der Waals surface area contributed by atoms with Crippen LogP contribution in [0.4, 0.5) is 16.2 Å². The summed E-state index contributed by atoms with van der Waals surface area (Å²) in [6, 6.07) is 22.2. The van der Waals surface area contributed by atoms with Gasteiger partial charge in [0.25, 0.3) is 11.8 Å². The number of benzene rings is 2. The topological polar surface area (TPSA) is 75.5 Å². The Morgan fingerprint density at radius 1 is 0.714 bits per heavy atom. The third-order valence-corrected chi connectivity index (χ3v) is 5.95. The summed E-state index contributed by atoms with van der Waals surface area (Å²) < 4.78 is 2.01. The lowest BCUT2D eigenvalue weighted by Crippen LogP contribution is -2.57. The number of pyridine rings is 1. The Morgan fingerprint density at radius 3 is 1.77 bits per heavy atom. The quantitative estimate of drug-likeness (QED) is 0.313. The number of barbiturate groups is 1. The summed E-state index contributed by atoms with van der Waals surface area (Å²) in [6.45, 7) is 3.86. The van der Waals surface area contributed by atoms with Crippen LogP contribution >= 0.6 is 0 Å². The number of carbonyl (C=O) groups is 3. The number of rotatable bonds is 4. The van der Waals surface area contributed by atoms with Crippen molar-refractivity contribution >= 4 is 35.3 Å². The van der Waals surface area contributed by atoms with Crippen molar-refractivity contribution in [2.75, 3.05) is 9.80 Å². The molecule has 4 aromatic rings. The SMILES string of the molecule is Cc1cc(C=C2C(=O)N(c3ccccc3)C(=O)N(c3ccccc3)C2=O)c(C)n1-c1cccnc1. The fraction of sp³-hybridized carbons (Fsp3) is 0.0714. The molecule has 0 spiro atoms. The van der Waals surface area contributed by atoms with Crippen LogP contribution in [-0.4, -0.2) is 27.4 Å². The molecule has 0 N–H and O–H groups in total. The molecule has 1 aliphatic heterocycles. The van der Waals surface area contributed by atoms with E-state index in [9.17, 15) is 14.4 Å². The summed E-state index contributed by atoms with van der Waals surface area (Å²) in [5, 5.41) is 0. The van der Waals surface area contributed by atoms with Gasteiger partial charge in [0.05, 0.1) is 23.3 Å². The van der Waals surface area contributed by atoms with E-state index in [0.717, 1.165) is 26.9 Å². The predicted molar refractivity (Wildman–Crippen MR) is 134 cm³/mol. The van der Waals surface area contributed by atoms with Crippen molar-refractivity contribution in [2.45, 2.75) is 13.8 Å². The van der Waals surface area contributed by atoms with Crippen LogP contribution in [0.25, 0.3) is 11.8 Å². The number of aryl methyl sites for hydroxylation is 1. The minimum absolute atomic E-state index is 0.0938. The van der Waals surface area contributed by atoms with Crippen LogP contribution < -0.4 is 9.80 Å². The lowest BCUT2D eigenvalue weighted by molar-refractivity contribution is -0.121. The number of imide groups is 2. The van der Waals surface area contributed by atoms with Crippen LogP contribution in [-0.2, 0) is 9.59 Å². The molecule has 3 heterocycles. The van der Waals surface area contributed by atoms with Gasteiger partial charge in [-0.2, -0.15) is 0 Å². The summed E-state index contributed by atoms with van der Waals surface area (Å²) >= 11 is 0. The van der Waals surface area contributed by atoms with Crippen LogP contribution in [0.15, 0.2) is 96.8 Å². The number of para-hydroxylation sites is 2. The van der Waals surface area contributed by atoms with Gasteiger partial charge in [0.15, 0.2) is 0 Å². The summed E-state index contributed by atoms with van der Waals surface area (Å²) in [5.74, 6) is -1.32. The minimum atomic E-state index is -0.713. The molecule has 0 saturated carbocycles. The number of anilines is 2. The molecule has 0 bridgehead atoms. The lowest BCUT2D eigenvalue weighted by atomic mass is 10.0. The molecule has 5 rings (SSSR count). The van der Waals surface area contributed by atoms with Crippen molar-refractivity contribution < 1.29 is 14.4 Å². The minimum Gasteiger partial charge on any atom is -0.316 e. The van der Waals surface area contributed by atoms with Gasteiger partial charge in [-0.1, -0.05) is 36.4 Å². The van der Waals surface area contributed by atoms with Gasteiger partial charge in [0.1, 0.15) is 5.57 Å². The average molecular weight is 463 g/mol.